The van der Waals surface area contributed by atoms with Gasteiger partial charge in [0.1, 0.15) is 12.1 Å². The zero-order chi connectivity index (χ0) is 16.8. The van der Waals surface area contributed by atoms with Gasteiger partial charge in [-0.3, -0.25) is 4.98 Å². The van der Waals surface area contributed by atoms with Crippen LogP contribution in [0.25, 0.3) is 10.9 Å². The average molecular weight is 336 g/mol. The van der Waals surface area contributed by atoms with Crippen LogP contribution in [0.15, 0.2) is 43.1 Å². The number of fused-ring (bicyclic) bond motifs is 2. The monoisotopic (exact) mass is 336 g/mol. The second kappa shape index (κ2) is 5.61. The Bertz CT molecular complexity index is 913. The third-order valence-electron chi connectivity index (χ3n) is 5.24. The Morgan fingerprint density at radius 1 is 0.880 bits per heavy atom. The Kier molecular flexibility index (Phi) is 3.26. The minimum atomic E-state index is -0.242. The van der Waals surface area contributed by atoms with Crippen molar-refractivity contribution in [2.24, 2.45) is 11.8 Å². The quantitative estimate of drug-likeness (QED) is 0.715. The standard InChI is InChI=1S/C18H17FN6/c19-15-2-1-4-21-18(15)25-9-12-7-24(8-13(12)10-25)17-14-3-5-20-6-16(14)22-11-23-17/h1-6,11-13H,7-10H2. The summed E-state index contributed by atoms with van der Waals surface area (Å²) < 4.78 is 14.0. The molecule has 0 aromatic carbocycles. The van der Waals surface area contributed by atoms with Crippen molar-refractivity contribution in [2.75, 3.05) is 36.0 Å². The van der Waals surface area contributed by atoms with Crippen molar-refractivity contribution in [2.45, 2.75) is 0 Å². The second-order valence-corrected chi connectivity index (χ2v) is 6.73. The fourth-order valence-corrected chi connectivity index (χ4v) is 4.09. The van der Waals surface area contributed by atoms with Gasteiger partial charge in [-0.2, -0.15) is 0 Å². The summed E-state index contributed by atoms with van der Waals surface area (Å²) >= 11 is 0. The van der Waals surface area contributed by atoms with Gasteiger partial charge in [0.15, 0.2) is 11.6 Å². The van der Waals surface area contributed by atoms with Gasteiger partial charge in [-0.25, -0.2) is 19.3 Å². The molecule has 0 radical (unpaired) electrons. The van der Waals surface area contributed by atoms with Gasteiger partial charge >= 0.3 is 0 Å². The molecule has 7 heteroatoms. The summed E-state index contributed by atoms with van der Waals surface area (Å²) in [5, 5.41) is 1.03. The molecular formula is C18H17FN6. The number of rotatable bonds is 2. The van der Waals surface area contributed by atoms with Crippen molar-refractivity contribution in [3.63, 3.8) is 0 Å². The molecule has 0 spiro atoms. The molecule has 0 amide bonds. The molecule has 2 atom stereocenters. The summed E-state index contributed by atoms with van der Waals surface area (Å²) in [6.45, 7) is 3.51. The lowest BCUT2D eigenvalue weighted by Gasteiger charge is -2.23. The summed E-state index contributed by atoms with van der Waals surface area (Å²) in [6, 6.07) is 5.07. The van der Waals surface area contributed by atoms with Crippen molar-refractivity contribution in [1.29, 1.82) is 0 Å². The Balaban J connectivity index is 1.38. The van der Waals surface area contributed by atoms with Crippen molar-refractivity contribution < 1.29 is 4.39 Å². The van der Waals surface area contributed by atoms with Crippen LogP contribution >= 0.6 is 0 Å². The molecule has 2 saturated heterocycles. The molecule has 0 N–H and O–H groups in total. The van der Waals surface area contributed by atoms with Crippen LogP contribution in [-0.2, 0) is 0 Å². The highest BCUT2D eigenvalue weighted by molar-refractivity contribution is 5.88. The Morgan fingerprint density at radius 2 is 1.64 bits per heavy atom. The van der Waals surface area contributed by atoms with E-state index in [4.69, 9.17) is 0 Å². The lowest BCUT2D eigenvalue weighted by molar-refractivity contribution is 0.533. The van der Waals surface area contributed by atoms with Gasteiger partial charge in [-0.1, -0.05) is 0 Å². The minimum Gasteiger partial charge on any atom is -0.355 e. The number of hydrogen-bond donors (Lipinski definition) is 0. The van der Waals surface area contributed by atoms with E-state index in [2.05, 4.69) is 29.7 Å². The number of pyridine rings is 2. The summed E-state index contributed by atoms with van der Waals surface area (Å²) in [5.74, 6) is 2.19. The first kappa shape index (κ1) is 14.5. The topological polar surface area (TPSA) is 58.0 Å². The summed E-state index contributed by atoms with van der Waals surface area (Å²) in [7, 11) is 0. The molecular weight excluding hydrogens is 319 g/mol. The first-order chi connectivity index (χ1) is 12.3. The van der Waals surface area contributed by atoms with Gasteiger partial charge in [0.25, 0.3) is 0 Å². The van der Waals surface area contributed by atoms with E-state index >= 15 is 0 Å². The van der Waals surface area contributed by atoms with E-state index in [1.165, 1.54) is 6.07 Å². The molecule has 5 rings (SSSR count). The van der Waals surface area contributed by atoms with Crippen molar-refractivity contribution in [1.82, 2.24) is 19.9 Å². The van der Waals surface area contributed by atoms with Gasteiger partial charge in [0.2, 0.25) is 0 Å². The van der Waals surface area contributed by atoms with Gasteiger partial charge in [-0.15, -0.1) is 0 Å². The highest BCUT2D eigenvalue weighted by atomic mass is 19.1. The zero-order valence-corrected chi connectivity index (χ0v) is 13.6. The fourth-order valence-electron chi connectivity index (χ4n) is 4.09. The minimum absolute atomic E-state index is 0.242. The van der Waals surface area contributed by atoms with E-state index in [1.54, 1.807) is 31.0 Å². The van der Waals surface area contributed by atoms with E-state index in [-0.39, 0.29) is 5.82 Å². The third kappa shape index (κ3) is 2.38. The highest BCUT2D eigenvalue weighted by Crippen LogP contribution is 2.37. The van der Waals surface area contributed by atoms with E-state index in [0.717, 1.165) is 42.9 Å². The van der Waals surface area contributed by atoms with Gasteiger partial charge < -0.3 is 9.80 Å². The van der Waals surface area contributed by atoms with Gasteiger partial charge in [-0.05, 0) is 18.2 Å². The Hall–Kier alpha value is -2.83. The van der Waals surface area contributed by atoms with Crippen LogP contribution in [0.2, 0.25) is 0 Å². The van der Waals surface area contributed by atoms with Crippen molar-refractivity contribution >= 4 is 22.5 Å². The second-order valence-electron chi connectivity index (χ2n) is 6.73. The smallest absolute Gasteiger partial charge is 0.165 e. The largest absolute Gasteiger partial charge is 0.355 e. The van der Waals surface area contributed by atoms with E-state index in [0.29, 0.717) is 17.7 Å². The molecule has 25 heavy (non-hydrogen) atoms. The van der Waals surface area contributed by atoms with E-state index < -0.39 is 0 Å². The summed E-state index contributed by atoms with van der Waals surface area (Å²) in [4.78, 5) is 21.5. The molecule has 6 nitrogen and oxygen atoms in total. The number of aromatic nitrogens is 4. The molecule has 0 saturated carbocycles. The van der Waals surface area contributed by atoms with Gasteiger partial charge in [0.05, 0.1) is 11.7 Å². The van der Waals surface area contributed by atoms with E-state index in [1.807, 2.05) is 6.07 Å². The molecule has 3 aromatic rings. The normalized spacial score (nSPS) is 22.6. The first-order valence-corrected chi connectivity index (χ1v) is 8.45. The van der Waals surface area contributed by atoms with Crippen LogP contribution in [-0.4, -0.2) is 46.1 Å². The maximum Gasteiger partial charge on any atom is 0.165 e. The molecule has 2 fully saturated rings. The van der Waals surface area contributed by atoms with Gasteiger partial charge in [0, 0.05) is 55.8 Å². The van der Waals surface area contributed by atoms with Crippen LogP contribution in [0.3, 0.4) is 0 Å². The summed E-state index contributed by atoms with van der Waals surface area (Å²) in [6.07, 6.45) is 6.80. The lowest BCUT2D eigenvalue weighted by Crippen LogP contribution is -2.30. The molecule has 2 aliphatic rings. The van der Waals surface area contributed by atoms with Crippen molar-refractivity contribution in [3.8, 4) is 0 Å². The average Bonchev–Trinajstić information content (AvgIpc) is 3.20. The predicted octanol–water partition coefficient (Wildman–Crippen LogP) is 2.13. The summed E-state index contributed by atoms with van der Waals surface area (Å²) in [5.41, 5.74) is 0.863. The molecule has 5 heterocycles. The maximum atomic E-state index is 14.0. The third-order valence-corrected chi connectivity index (χ3v) is 5.24. The van der Waals surface area contributed by atoms with Crippen LogP contribution in [0, 0.1) is 17.7 Å². The van der Waals surface area contributed by atoms with E-state index in [9.17, 15) is 4.39 Å². The number of hydrogen-bond acceptors (Lipinski definition) is 6. The molecule has 0 aliphatic carbocycles. The SMILES string of the molecule is Fc1cccnc1N1CC2CN(c3ncnc4cnccc34)CC2C1. The van der Waals surface area contributed by atoms with Crippen LogP contribution in [0.5, 0.6) is 0 Å². The van der Waals surface area contributed by atoms with Crippen LogP contribution in [0.4, 0.5) is 16.0 Å². The fraction of sp³-hybridized carbons (Fsp3) is 0.333. The number of anilines is 2. The molecule has 0 bridgehead atoms. The first-order valence-electron chi connectivity index (χ1n) is 8.45. The molecule has 2 aliphatic heterocycles. The van der Waals surface area contributed by atoms with Crippen LogP contribution in [0.1, 0.15) is 0 Å². The predicted molar refractivity (Wildman–Crippen MR) is 92.9 cm³/mol. The zero-order valence-electron chi connectivity index (χ0n) is 13.6. The number of nitrogens with zero attached hydrogens (tertiary/aromatic N) is 6. The molecule has 2 unspecified atom stereocenters. The van der Waals surface area contributed by atoms with Crippen LogP contribution < -0.4 is 9.80 Å². The molecule has 3 aromatic heterocycles. The van der Waals surface area contributed by atoms with Crippen molar-refractivity contribution in [3.05, 3.63) is 48.9 Å². The number of halogens is 1. The Morgan fingerprint density at radius 3 is 2.40 bits per heavy atom. The lowest BCUT2D eigenvalue weighted by atomic mass is 10.0. The Labute approximate surface area is 144 Å². The highest BCUT2D eigenvalue weighted by Gasteiger charge is 2.41. The maximum absolute atomic E-state index is 14.0. The molecule has 126 valence electrons.